The van der Waals surface area contributed by atoms with Gasteiger partial charge in [0.15, 0.2) is 0 Å². The number of aromatic carboxylic acids is 1. The summed E-state index contributed by atoms with van der Waals surface area (Å²) in [4.78, 5) is 24.6. The van der Waals surface area contributed by atoms with Crippen LogP contribution in [-0.4, -0.2) is 35.9 Å². The fourth-order valence-corrected chi connectivity index (χ4v) is 3.21. The molecular formula is C14H13N3O6S. The third kappa shape index (κ3) is 4.12. The summed E-state index contributed by atoms with van der Waals surface area (Å²) < 4.78 is 26.8. The maximum absolute atomic E-state index is 12.3. The Hall–Kier alpha value is -2.85. The number of carbonyl (C=O) groups is 1. The number of nitro benzene ring substituents is 1. The quantitative estimate of drug-likeness (QED) is 0.564. The standard InChI is InChI=1S/C14H13N3O6S/c18-14(19)12-5-4-11(17(20)21)9-13(12)24(22,23)16-8-6-10-3-1-2-7-15-10/h1-5,7,9,16H,6,8H2,(H,18,19). The van der Waals surface area contributed by atoms with Crippen molar-refractivity contribution in [2.24, 2.45) is 0 Å². The number of nitrogens with one attached hydrogen (secondary N) is 1. The molecule has 9 nitrogen and oxygen atoms in total. The molecule has 0 saturated carbocycles. The molecule has 10 heteroatoms. The van der Waals surface area contributed by atoms with E-state index in [-0.39, 0.29) is 13.0 Å². The van der Waals surface area contributed by atoms with Crippen LogP contribution in [0.4, 0.5) is 5.69 Å². The number of rotatable bonds is 7. The lowest BCUT2D eigenvalue weighted by molar-refractivity contribution is -0.385. The zero-order valence-corrected chi connectivity index (χ0v) is 13.1. The second-order valence-electron chi connectivity index (χ2n) is 4.71. The lowest BCUT2D eigenvalue weighted by Crippen LogP contribution is -2.27. The Kier molecular flexibility index (Phi) is 5.21. The minimum absolute atomic E-state index is 0.0267. The van der Waals surface area contributed by atoms with Crippen LogP contribution in [0, 0.1) is 10.1 Å². The fourth-order valence-electron chi connectivity index (χ4n) is 1.96. The van der Waals surface area contributed by atoms with Gasteiger partial charge in [-0.2, -0.15) is 0 Å². The number of nitro groups is 1. The monoisotopic (exact) mass is 351 g/mol. The summed E-state index contributed by atoms with van der Waals surface area (Å²) in [7, 11) is -4.23. The van der Waals surface area contributed by atoms with Crippen LogP contribution in [0.5, 0.6) is 0 Å². The smallest absolute Gasteiger partial charge is 0.337 e. The third-order valence-electron chi connectivity index (χ3n) is 3.10. The van der Waals surface area contributed by atoms with Gasteiger partial charge >= 0.3 is 5.97 Å². The van der Waals surface area contributed by atoms with Gasteiger partial charge in [0.2, 0.25) is 10.0 Å². The van der Waals surface area contributed by atoms with E-state index < -0.39 is 37.1 Å². The van der Waals surface area contributed by atoms with E-state index in [0.717, 1.165) is 18.2 Å². The summed E-state index contributed by atoms with van der Waals surface area (Å²) in [6, 6.07) is 7.75. The predicted octanol–water partition coefficient (Wildman–Crippen LogP) is 1.21. The van der Waals surface area contributed by atoms with Gasteiger partial charge in [0, 0.05) is 37.0 Å². The van der Waals surface area contributed by atoms with Gasteiger partial charge in [0.25, 0.3) is 5.69 Å². The van der Waals surface area contributed by atoms with E-state index in [4.69, 9.17) is 5.11 Å². The Morgan fingerprint density at radius 2 is 2.04 bits per heavy atom. The third-order valence-corrected chi connectivity index (χ3v) is 4.60. The van der Waals surface area contributed by atoms with Crippen LogP contribution in [0.2, 0.25) is 0 Å². The molecule has 0 bridgehead atoms. The van der Waals surface area contributed by atoms with E-state index in [1.165, 1.54) is 0 Å². The maximum Gasteiger partial charge on any atom is 0.337 e. The number of aromatic nitrogens is 1. The lowest BCUT2D eigenvalue weighted by Gasteiger charge is -2.09. The Morgan fingerprint density at radius 1 is 1.29 bits per heavy atom. The minimum atomic E-state index is -4.23. The molecule has 2 aromatic rings. The molecule has 1 aromatic heterocycles. The Bertz CT molecular complexity index is 867. The van der Waals surface area contributed by atoms with Crippen LogP contribution in [0.25, 0.3) is 0 Å². The number of non-ortho nitro benzene ring substituents is 1. The molecule has 2 rings (SSSR count). The van der Waals surface area contributed by atoms with Crippen molar-refractivity contribution in [3.05, 3.63) is 64.0 Å². The number of nitrogens with zero attached hydrogens (tertiary/aromatic N) is 2. The van der Waals surface area contributed by atoms with E-state index in [0.29, 0.717) is 5.69 Å². The molecule has 0 atom stereocenters. The summed E-state index contributed by atoms with van der Waals surface area (Å²) in [5, 5.41) is 19.9. The first-order valence-electron chi connectivity index (χ1n) is 6.72. The molecule has 24 heavy (non-hydrogen) atoms. The van der Waals surface area contributed by atoms with E-state index >= 15 is 0 Å². The number of carboxylic acid groups (broad SMARTS) is 1. The second kappa shape index (κ2) is 7.15. The molecule has 0 spiro atoms. The van der Waals surface area contributed by atoms with Gasteiger partial charge in [-0.3, -0.25) is 15.1 Å². The van der Waals surface area contributed by atoms with Crippen molar-refractivity contribution >= 4 is 21.7 Å². The van der Waals surface area contributed by atoms with Crippen LogP contribution < -0.4 is 4.72 Å². The summed E-state index contributed by atoms with van der Waals surface area (Å²) in [6.07, 6.45) is 1.85. The number of benzene rings is 1. The van der Waals surface area contributed by atoms with Crippen molar-refractivity contribution in [3.63, 3.8) is 0 Å². The molecule has 0 amide bonds. The first-order valence-corrected chi connectivity index (χ1v) is 8.21. The normalized spacial score (nSPS) is 11.2. The second-order valence-corrected chi connectivity index (χ2v) is 6.45. The number of pyridine rings is 1. The topological polar surface area (TPSA) is 140 Å². The molecular weight excluding hydrogens is 338 g/mol. The van der Waals surface area contributed by atoms with E-state index in [2.05, 4.69) is 9.71 Å². The zero-order valence-electron chi connectivity index (χ0n) is 12.2. The SMILES string of the molecule is O=C(O)c1ccc([N+](=O)[O-])cc1S(=O)(=O)NCCc1ccccn1. The van der Waals surface area contributed by atoms with Gasteiger partial charge in [0.05, 0.1) is 10.5 Å². The van der Waals surface area contributed by atoms with Crippen molar-refractivity contribution in [1.29, 1.82) is 0 Å². The van der Waals surface area contributed by atoms with Gasteiger partial charge in [-0.15, -0.1) is 0 Å². The van der Waals surface area contributed by atoms with Crippen molar-refractivity contribution in [2.45, 2.75) is 11.3 Å². The summed E-state index contributed by atoms with van der Waals surface area (Å²) in [5.74, 6) is -1.49. The first kappa shape index (κ1) is 17.5. The van der Waals surface area contributed by atoms with Gasteiger partial charge < -0.3 is 5.11 Å². The van der Waals surface area contributed by atoms with Crippen LogP contribution in [0.3, 0.4) is 0 Å². The Morgan fingerprint density at radius 3 is 2.62 bits per heavy atom. The molecule has 1 heterocycles. The number of hydrogen-bond donors (Lipinski definition) is 2. The van der Waals surface area contributed by atoms with Crippen LogP contribution in [-0.2, 0) is 16.4 Å². The highest BCUT2D eigenvalue weighted by Crippen LogP contribution is 2.22. The predicted molar refractivity (Wildman–Crippen MR) is 83.2 cm³/mol. The maximum atomic E-state index is 12.3. The molecule has 0 aliphatic rings. The van der Waals surface area contributed by atoms with Crippen molar-refractivity contribution in [2.75, 3.05) is 6.54 Å². The summed E-state index contributed by atoms with van der Waals surface area (Å²) in [5.41, 5.74) is -0.395. The average molecular weight is 351 g/mol. The zero-order chi connectivity index (χ0) is 17.7. The van der Waals surface area contributed by atoms with Gasteiger partial charge in [0.1, 0.15) is 4.90 Å². The average Bonchev–Trinajstić information content (AvgIpc) is 2.55. The highest BCUT2D eigenvalue weighted by Gasteiger charge is 2.25. The molecule has 1 aromatic carbocycles. The number of sulfonamides is 1. The highest BCUT2D eigenvalue weighted by molar-refractivity contribution is 7.89. The molecule has 2 N–H and O–H groups in total. The molecule has 0 aliphatic heterocycles. The minimum Gasteiger partial charge on any atom is -0.478 e. The van der Waals surface area contributed by atoms with Crippen LogP contribution >= 0.6 is 0 Å². The van der Waals surface area contributed by atoms with E-state index in [1.807, 2.05) is 0 Å². The largest absolute Gasteiger partial charge is 0.478 e. The Labute approximate surface area is 137 Å². The lowest BCUT2D eigenvalue weighted by atomic mass is 10.2. The molecule has 0 fully saturated rings. The van der Waals surface area contributed by atoms with Crippen molar-refractivity contribution in [3.8, 4) is 0 Å². The van der Waals surface area contributed by atoms with E-state index in [1.54, 1.807) is 24.4 Å². The van der Waals surface area contributed by atoms with Crippen molar-refractivity contribution < 1.29 is 23.2 Å². The first-order chi connectivity index (χ1) is 11.3. The summed E-state index contributed by atoms with van der Waals surface area (Å²) in [6.45, 7) is -0.0267. The highest BCUT2D eigenvalue weighted by atomic mass is 32.2. The van der Waals surface area contributed by atoms with Gasteiger partial charge in [-0.1, -0.05) is 6.07 Å². The van der Waals surface area contributed by atoms with Crippen molar-refractivity contribution in [1.82, 2.24) is 9.71 Å². The molecule has 0 unspecified atom stereocenters. The number of hydrogen-bond acceptors (Lipinski definition) is 6. The summed E-state index contributed by atoms with van der Waals surface area (Å²) >= 11 is 0. The Balaban J connectivity index is 2.25. The molecule has 0 radical (unpaired) electrons. The van der Waals surface area contributed by atoms with Gasteiger partial charge in [-0.05, 0) is 18.2 Å². The van der Waals surface area contributed by atoms with E-state index in [9.17, 15) is 23.3 Å². The fraction of sp³-hybridized carbons (Fsp3) is 0.143. The van der Waals surface area contributed by atoms with Crippen LogP contribution in [0.1, 0.15) is 16.1 Å². The van der Waals surface area contributed by atoms with Crippen LogP contribution in [0.15, 0.2) is 47.5 Å². The molecule has 0 aliphatic carbocycles. The number of carboxylic acids is 1. The molecule has 126 valence electrons. The van der Waals surface area contributed by atoms with Gasteiger partial charge in [-0.25, -0.2) is 17.9 Å². The molecule has 0 saturated heterocycles.